The molecule has 0 aromatic heterocycles. The van der Waals surface area contributed by atoms with Gasteiger partial charge in [0.25, 0.3) is 0 Å². The average molecular weight is 509 g/mol. The van der Waals surface area contributed by atoms with Gasteiger partial charge in [-0.2, -0.15) is 0 Å². The quantitative estimate of drug-likeness (QED) is 0.355. The predicted octanol–water partition coefficient (Wildman–Crippen LogP) is 4.20. The Balaban J connectivity index is 0.00000288. The Morgan fingerprint density at radius 2 is 2.25 bits per heavy atom. The molecule has 0 amide bonds. The van der Waals surface area contributed by atoms with Gasteiger partial charge < -0.3 is 15.1 Å². The van der Waals surface area contributed by atoms with Crippen molar-refractivity contribution in [2.75, 3.05) is 45.2 Å². The molecule has 1 atom stereocenters. The summed E-state index contributed by atoms with van der Waals surface area (Å²) in [4.78, 5) is 9.10. The minimum Gasteiger partial charge on any atom is -0.371 e. The van der Waals surface area contributed by atoms with E-state index in [1.54, 1.807) is 0 Å². The van der Waals surface area contributed by atoms with E-state index in [0.717, 1.165) is 36.6 Å². The number of benzene rings is 1. The maximum absolute atomic E-state index is 4.40. The van der Waals surface area contributed by atoms with Crippen LogP contribution in [-0.4, -0.2) is 51.1 Å². The van der Waals surface area contributed by atoms with Crippen LogP contribution in [0.4, 0.5) is 5.69 Å². The summed E-state index contributed by atoms with van der Waals surface area (Å²) >= 11 is 3.56. The molecule has 1 heterocycles. The molecule has 136 valence electrons. The van der Waals surface area contributed by atoms with Crippen molar-refractivity contribution in [1.29, 1.82) is 0 Å². The maximum Gasteiger partial charge on any atom is 0.193 e. The summed E-state index contributed by atoms with van der Waals surface area (Å²) in [7, 11) is 3.99. The standard InChI is InChI=1S/C18H29BrN4.HI/c1-4-5-10-22(3)18(20-2)21-13-15-9-11-23(14-15)17-8-6-7-16(19)12-17;/h6-8,12,15H,4-5,9-11,13-14H2,1-3H3,(H,20,21);1H. The number of rotatable bonds is 6. The third kappa shape index (κ3) is 6.43. The van der Waals surface area contributed by atoms with E-state index in [9.17, 15) is 0 Å². The molecule has 1 N–H and O–H groups in total. The summed E-state index contributed by atoms with van der Waals surface area (Å²) < 4.78 is 1.15. The first kappa shape index (κ1) is 21.5. The second-order valence-corrected chi connectivity index (χ2v) is 7.20. The molecular formula is C18H30BrIN4. The highest BCUT2D eigenvalue weighted by Crippen LogP contribution is 2.25. The largest absolute Gasteiger partial charge is 0.371 e. The van der Waals surface area contributed by atoms with Crippen molar-refractivity contribution in [2.45, 2.75) is 26.2 Å². The number of nitrogens with one attached hydrogen (secondary N) is 1. The van der Waals surface area contributed by atoms with Gasteiger partial charge in [-0.15, -0.1) is 24.0 Å². The molecule has 1 aliphatic rings. The zero-order chi connectivity index (χ0) is 16.7. The number of aliphatic imine (C=N–C) groups is 1. The van der Waals surface area contributed by atoms with E-state index >= 15 is 0 Å². The smallest absolute Gasteiger partial charge is 0.193 e. The molecule has 0 aliphatic carbocycles. The fourth-order valence-corrected chi connectivity index (χ4v) is 3.42. The van der Waals surface area contributed by atoms with Crippen molar-refractivity contribution in [1.82, 2.24) is 10.2 Å². The van der Waals surface area contributed by atoms with Crippen LogP contribution in [0, 0.1) is 5.92 Å². The Hall–Kier alpha value is -0.500. The fourth-order valence-electron chi connectivity index (χ4n) is 3.03. The summed E-state index contributed by atoms with van der Waals surface area (Å²) in [5.74, 6) is 1.68. The Morgan fingerprint density at radius 3 is 2.92 bits per heavy atom. The molecule has 0 bridgehead atoms. The summed E-state index contributed by atoms with van der Waals surface area (Å²) in [5, 5.41) is 3.54. The molecule has 4 nitrogen and oxygen atoms in total. The SMILES string of the molecule is CCCCN(C)C(=NC)NCC1CCN(c2cccc(Br)c2)C1.I. The molecule has 24 heavy (non-hydrogen) atoms. The number of guanidine groups is 1. The number of nitrogens with zero attached hydrogens (tertiary/aromatic N) is 3. The van der Waals surface area contributed by atoms with Gasteiger partial charge in [-0.05, 0) is 37.0 Å². The molecule has 1 saturated heterocycles. The molecule has 0 saturated carbocycles. The van der Waals surface area contributed by atoms with Crippen molar-refractivity contribution in [3.8, 4) is 0 Å². The highest BCUT2D eigenvalue weighted by molar-refractivity contribution is 14.0. The van der Waals surface area contributed by atoms with E-state index in [1.807, 2.05) is 7.05 Å². The van der Waals surface area contributed by atoms with Crippen LogP contribution in [0.3, 0.4) is 0 Å². The van der Waals surface area contributed by atoms with Crippen molar-refractivity contribution < 1.29 is 0 Å². The van der Waals surface area contributed by atoms with Crippen molar-refractivity contribution in [2.24, 2.45) is 10.9 Å². The minimum atomic E-state index is 0. The van der Waals surface area contributed by atoms with E-state index < -0.39 is 0 Å². The first-order valence-electron chi connectivity index (χ1n) is 8.56. The van der Waals surface area contributed by atoms with Crippen LogP contribution < -0.4 is 10.2 Å². The van der Waals surface area contributed by atoms with Gasteiger partial charge in [0, 0.05) is 50.4 Å². The summed E-state index contributed by atoms with van der Waals surface area (Å²) in [5.41, 5.74) is 1.31. The Morgan fingerprint density at radius 1 is 1.46 bits per heavy atom. The lowest BCUT2D eigenvalue weighted by Crippen LogP contribution is -2.41. The molecule has 6 heteroatoms. The van der Waals surface area contributed by atoms with Crippen LogP contribution >= 0.6 is 39.9 Å². The average Bonchev–Trinajstić information content (AvgIpc) is 3.02. The van der Waals surface area contributed by atoms with E-state index in [2.05, 4.69) is 74.3 Å². The summed E-state index contributed by atoms with van der Waals surface area (Å²) in [6, 6.07) is 8.58. The van der Waals surface area contributed by atoms with Crippen LogP contribution in [0.5, 0.6) is 0 Å². The van der Waals surface area contributed by atoms with E-state index in [1.165, 1.54) is 24.9 Å². The van der Waals surface area contributed by atoms with Gasteiger partial charge in [-0.25, -0.2) is 0 Å². The monoisotopic (exact) mass is 508 g/mol. The van der Waals surface area contributed by atoms with E-state index in [4.69, 9.17) is 0 Å². The van der Waals surface area contributed by atoms with Crippen molar-refractivity contribution >= 4 is 51.6 Å². The van der Waals surface area contributed by atoms with Gasteiger partial charge in [-0.3, -0.25) is 4.99 Å². The number of anilines is 1. The zero-order valence-corrected chi connectivity index (χ0v) is 18.9. The number of halogens is 2. The Labute approximate surface area is 172 Å². The highest BCUT2D eigenvalue weighted by atomic mass is 127. The molecule has 1 fully saturated rings. The lowest BCUT2D eigenvalue weighted by Gasteiger charge is -2.23. The molecule has 0 spiro atoms. The number of hydrogen-bond donors (Lipinski definition) is 1. The number of unbranched alkanes of at least 4 members (excludes halogenated alkanes) is 1. The molecule has 2 rings (SSSR count). The van der Waals surface area contributed by atoms with E-state index in [0.29, 0.717) is 5.92 Å². The normalized spacial score (nSPS) is 17.6. The molecule has 0 radical (unpaired) electrons. The topological polar surface area (TPSA) is 30.9 Å². The van der Waals surface area contributed by atoms with Crippen LogP contribution in [0.1, 0.15) is 26.2 Å². The minimum absolute atomic E-state index is 0. The third-order valence-electron chi connectivity index (χ3n) is 4.43. The first-order chi connectivity index (χ1) is 11.1. The molecule has 1 unspecified atom stereocenters. The third-order valence-corrected chi connectivity index (χ3v) is 4.92. The van der Waals surface area contributed by atoms with Gasteiger partial charge >= 0.3 is 0 Å². The van der Waals surface area contributed by atoms with Gasteiger partial charge in [0.2, 0.25) is 0 Å². The lowest BCUT2D eigenvalue weighted by molar-refractivity contribution is 0.454. The van der Waals surface area contributed by atoms with E-state index in [-0.39, 0.29) is 24.0 Å². The van der Waals surface area contributed by atoms with Crippen molar-refractivity contribution in [3.05, 3.63) is 28.7 Å². The van der Waals surface area contributed by atoms with Crippen molar-refractivity contribution in [3.63, 3.8) is 0 Å². The van der Waals surface area contributed by atoms with Crippen LogP contribution in [0.2, 0.25) is 0 Å². The zero-order valence-electron chi connectivity index (χ0n) is 15.0. The van der Waals surface area contributed by atoms with Crippen LogP contribution in [0.15, 0.2) is 33.7 Å². The van der Waals surface area contributed by atoms with Gasteiger partial charge in [0.05, 0.1) is 0 Å². The first-order valence-corrected chi connectivity index (χ1v) is 9.35. The molecular weight excluding hydrogens is 479 g/mol. The Kier molecular flexibility index (Phi) is 10.0. The fraction of sp³-hybridized carbons (Fsp3) is 0.611. The molecule has 1 aromatic carbocycles. The lowest BCUT2D eigenvalue weighted by atomic mass is 10.1. The highest BCUT2D eigenvalue weighted by Gasteiger charge is 2.23. The van der Waals surface area contributed by atoms with Crippen LogP contribution in [0.25, 0.3) is 0 Å². The molecule has 1 aliphatic heterocycles. The van der Waals surface area contributed by atoms with Gasteiger partial charge in [-0.1, -0.05) is 35.3 Å². The maximum atomic E-state index is 4.40. The molecule has 1 aromatic rings. The number of hydrogen-bond acceptors (Lipinski definition) is 2. The summed E-state index contributed by atoms with van der Waals surface area (Å²) in [6.07, 6.45) is 3.65. The second-order valence-electron chi connectivity index (χ2n) is 6.28. The van der Waals surface area contributed by atoms with Gasteiger partial charge in [0.1, 0.15) is 0 Å². The second kappa shape index (κ2) is 11.2. The summed E-state index contributed by atoms with van der Waals surface area (Å²) in [6.45, 7) is 6.52. The van der Waals surface area contributed by atoms with Crippen LogP contribution in [-0.2, 0) is 0 Å². The Bertz CT molecular complexity index is 523. The van der Waals surface area contributed by atoms with Gasteiger partial charge in [0.15, 0.2) is 5.96 Å². The predicted molar refractivity (Wildman–Crippen MR) is 119 cm³/mol.